The van der Waals surface area contributed by atoms with Gasteiger partial charge in [0.2, 0.25) is 0 Å². The first-order valence-corrected chi connectivity index (χ1v) is 7.80. The largest absolute Gasteiger partial charge is 0.317 e. The van der Waals surface area contributed by atoms with Crippen LogP contribution in [0, 0.1) is 6.92 Å². The van der Waals surface area contributed by atoms with Crippen molar-refractivity contribution in [3.05, 3.63) is 20.3 Å². The van der Waals surface area contributed by atoms with Crippen LogP contribution in [-0.4, -0.2) is 13.1 Å². The lowest BCUT2D eigenvalue weighted by molar-refractivity contribution is 0.599. The Morgan fingerprint density at radius 3 is 2.62 bits per heavy atom. The molecule has 3 heteroatoms. The fourth-order valence-electron chi connectivity index (χ4n) is 1.72. The summed E-state index contributed by atoms with van der Waals surface area (Å²) in [7, 11) is 0. The zero-order valence-corrected chi connectivity index (χ0v) is 12.7. The highest BCUT2D eigenvalue weighted by atomic mass is 79.9. The second-order valence-electron chi connectivity index (χ2n) is 4.13. The Hall–Kier alpha value is 0.140. The molecule has 0 aliphatic heterocycles. The summed E-state index contributed by atoms with van der Waals surface area (Å²) in [6.07, 6.45) is 6.62. The number of hydrogen-bond donors (Lipinski definition) is 1. The molecule has 0 unspecified atom stereocenters. The van der Waals surface area contributed by atoms with Gasteiger partial charge in [-0.15, -0.1) is 11.3 Å². The van der Waals surface area contributed by atoms with Crippen LogP contribution in [0.5, 0.6) is 0 Å². The number of halogens is 1. The maximum Gasteiger partial charge on any atom is 0.0314 e. The second kappa shape index (κ2) is 8.26. The van der Waals surface area contributed by atoms with Crippen molar-refractivity contribution < 1.29 is 0 Å². The molecule has 1 heterocycles. The SMILES string of the molecule is CCNCCCCCCc1cc(Br)c(C)s1. The van der Waals surface area contributed by atoms with Gasteiger partial charge in [0, 0.05) is 14.2 Å². The van der Waals surface area contributed by atoms with Gasteiger partial charge in [-0.1, -0.05) is 19.8 Å². The van der Waals surface area contributed by atoms with E-state index in [2.05, 4.69) is 41.2 Å². The number of unbranched alkanes of at least 4 members (excludes halogenated alkanes) is 3. The van der Waals surface area contributed by atoms with E-state index in [4.69, 9.17) is 0 Å². The molecule has 16 heavy (non-hydrogen) atoms. The summed E-state index contributed by atoms with van der Waals surface area (Å²) in [6.45, 7) is 6.62. The standard InChI is InChI=1S/C13H22BrNS/c1-3-15-9-7-5-4-6-8-12-10-13(14)11(2)16-12/h10,15H,3-9H2,1-2H3. The Kier molecular flexibility index (Phi) is 7.33. The van der Waals surface area contributed by atoms with E-state index in [1.165, 1.54) is 52.9 Å². The molecule has 0 spiro atoms. The number of rotatable bonds is 8. The average Bonchev–Trinajstić information content (AvgIpc) is 2.57. The molecule has 0 saturated heterocycles. The maximum absolute atomic E-state index is 3.57. The van der Waals surface area contributed by atoms with Crippen LogP contribution >= 0.6 is 27.3 Å². The summed E-state index contributed by atoms with van der Waals surface area (Å²) in [4.78, 5) is 2.93. The average molecular weight is 304 g/mol. The molecular formula is C13H22BrNS. The van der Waals surface area contributed by atoms with E-state index < -0.39 is 0 Å². The van der Waals surface area contributed by atoms with Crippen molar-refractivity contribution in [2.75, 3.05) is 13.1 Å². The molecule has 0 aromatic carbocycles. The van der Waals surface area contributed by atoms with Crippen LogP contribution in [0.15, 0.2) is 10.5 Å². The van der Waals surface area contributed by atoms with Crippen LogP contribution in [0.1, 0.15) is 42.4 Å². The van der Waals surface area contributed by atoms with Gasteiger partial charge in [0.1, 0.15) is 0 Å². The van der Waals surface area contributed by atoms with Gasteiger partial charge >= 0.3 is 0 Å². The van der Waals surface area contributed by atoms with Crippen LogP contribution in [0.4, 0.5) is 0 Å². The van der Waals surface area contributed by atoms with Crippen molar-refractivity contribution in [3.63, 3.8) is 0 Å². The van der Waals surface area contributed by atoms with Crippen LogP contribution in [0.25, 0.3) is 0 Å². The van der Waals surface area contributed by atoms with E-state index in [9.17, 15) is 0 Å². The Bertz CT molecular complexity index is 277. The lowest BCUT2D eigenvalue weighted by Crippen LogP contribution is -2.13. The fourth-order valence-corrected chi connectivity index (χ4v) is 3.36. The monoisotopic (exact) mass is 303 g/mol. The second-order valence-corrected chi connectivity index (χ2v) is 6.33. The van der Waals surface area contributed by atoms with Crippen LogP contribution in [0.2, 0.25) is 0 Å². The summed E-state index contributed by atoms with van der Waals surface area (Å²) in [5.41, 5.74) is 0. The van der Waals surface area contributed by atoms with Crippen molar-refractivity contribution in [1.29, 1.82) is 0 Å². The Morgan fingerprint density at radius 1 is 1.25 bits per heavy atom. The molecule has 0 bridgehead atoms. The predicted octanol–water partition coefficient (Wildman–Crippen LogP) is 4.53. The number of thiophene rings is 1. The smallest absolute Gasteiger partial charge is 0.0314 e. The van der Waals surface area contributed by atoms with Gasteiger partial charge in [0.05, 0.1) is 0 Å². The van der Waals surface area contributed by atoms with Crippen LogP contribution < -0.4 is 5.32 Å². The first-order valence-electron chi connectivity index (χ1n) is 6.19. The number of nitrogens with one attached hydrogen (secondary N) is 1. The molecule has 1 aromatic rings. The highest BCUT2D eigenvalue weighted by Gasteiger charge is 2.02. The molecule has 0 amide bonds. The van der Waals surface area contributed by atoms with E-state index in [0.717, 1.165) is 6.54 Å². The van der Waals surface area contributed by atoms with E-state index in [1.54, 1.807) is 0 Å². The Morgan fingerprint density at radius 2 is 2.00 bits per heavy atom. The van der Waals surface area contributed by atoms with E-state index in [0.29, 0.717) is 0 Å². The summed E-state index contributed by atoms with van der Waals surface area (Å²) >= 11 is 5.50. The van der Waals surface area contributed by atoms with Gasteiger partial charge in [-0.05, 0) is 61.3 Å². The van der Waals surface area contributed by atoms with Gasteiger partial charge in [-0.3, -0.25) is 0 Å². The molecule has 92 valence electrons. The predicted molar refractivity (Wildman–Crippen MR) is 77.5 cm³/mol. The minimum Gasteiger partial charge on any atom is -0.317 e. The summed E-state index contributed by atoms with van der Waals surface area (Å²) in [5, 5.41) is 3.36. The van der Waals surface area contributed by atoms with Gasteiger partial charge < -0.3 is 5.32 Å². The summed E-state index contributed by atoms with van der Waals surface area (Å²) < 4.78 is 1.28. The van der Waals surface area contributed by atoms with Gasteiger partial charge in [0.25, 0.3) is 0 Å². The molecule has 1 nitrogen and oxygen atoms in total. The summed E-state index contributed by atoms with van der Waals surface area (Å²) in [5.74, 6) is 0. The molecule has 0 aliphatic rings. The quantitative estimate of drug-likeness (QED) is 0.696. The molecule has 0 atom stereocenters. The Labute approximate surface area is 112 Å². The molecule has 0 fully saturated rings. The molecule has 1 aromatic heterocycles. The minimum absolute atomic E-state index is 1.10. The zero-order valence-electron chi connectivity index (χ0n) is 10.3. The van der Waals surface area contributed by atoms with E-state index >= 15 is 0 Å². The van der Waals surface area contributed by atoms with Crippen LogP contribution in [0.3, 0.4) is 0 Å². The lowest BCUT2D eigenvalue weighted by Gasteiger charge is -2.01. The summed E-state index contributed by atoms with van der Waals surface area (Å²) in [6, 6.07) is 2.28. The number of hydrogen-bond acceptors (Lipinski definition) is 2. The van der Waals surface area contributed by atoms with Crippen molar-refractivity contribution >= 4 is 27.3 Å². The molecule has 1 rings (SSSR count). The first kappa shape index (κ1) is 14.2. The van der Waals surface area contributed by atoms with E-state index in [1.807, 2.05) is 11.3 Å². The molecular weight excluding hydrogens is 282 g/mol. The van der Waals surface area contributed by atoms with E-state index in [-0.39, 0.29) is 0 Å². The van der Waals surface area contributed by atoms with Gasteiger partial charge in [-0.2, -0.15) is 0 Å². The van der Waals surface area contributed by atoms with Crippen molar-refractivity contribution in [2.45, 2.75) is 46.0 Å². The third-order valence-corrected chi connectivity index (χ3v) is 4.88. The topological polar surface area (TPSA) is 12.0 Å². The number of aryl methyl sites for hydroxylation is 2. The zero-order chi connectivity index (χ0) is 11.8. The molecule has 1 N–H and O–H groups in total. The van der Waals surface area contributed by atoms with Gasteiger partial charge in [0.15, 0.2) is 0 Å². The van der Waals surface area contributed by atoms with Crippen molar-refractivity contribution in [1.82, 2.24) is 5.32 Å². The van der Waals surface area contributed by atoms with Crippen LogP contribution in [-0.2, 0) is 6.42 Å². The minimum atomic E-state index is 1.10. The Balaban J connectivity index is 2.03. The van der Waals surface area contributed by atoms with Crippen molar-refractivity contribution in [3.8, 4) is 0 Å². The third-order valence-electron chi connectivity index (χ3n) is 2.68. The maximum atomic E-state index is 3.57. The highest BCUT2D eigenvalue weighted by molar-refractivity contribution is 9.10. The highest BCUT2D eigenvalue weighted by Crippen LogP contribution is 2.27. The third kappa shape index (κ3) is 5.46. The lowest BCUT2D eigenvalue weighted by atomic mass is 10.1. The molecule has 0 saturated carbocycles. The molecule has 0 radical (unpaired) electrons. The van der Waals surface area contributed by atoms with Gasteiger partial charge in [-0.25, -0.2) is 0 Å². The normalized spacial score (nSPS) is 10.9. The first-order chi connectivity index (χ1) is 7.74. The fraction of sp³-hybridized carbons (Fsp3) is 0.692. The molecule has 0 aliphatic carbocycles. The van der Waals surface area contributed by atoms with Crippen molar-refractivity contribution in [2.24, 2.45) is 0 Å².